The molecule has 0 unspecified atom stereocenters. The maximum Gasteiger partial charge on any atom is 0.308 e. The van der Waals surface area contributed by atoms with Gasteiger partial charge in [-0.1, -0.05) is 18.3 Å². The topological polar surface area (TPSA) is 95.9 Å². The lowest BCUT2D eigenvalue weighted by Crippen LogP contribution is -2.23. The van der Waals surface area contributed by atoms with Gasteiger partial charge in [0.15, 0.2) is 11.5 Å². The van der Waals surface area contributed by atoms with Crippen LogP contribution in [0.15, 0.2) is 40.0 Å². The van der Waals surface area contributed by atoms with Crippen molar-refractivity contribution in [2.45, 2.75) is 31.3 Å². The smallest absolute Gasteiger partial charge is 0.308 e. The summed E-state index contributed by atoms with van der Waals surface area (Å²) in [6, 6.07) is 8.09. The molecule has 0 spiro atoms. The van der Waals surface area contributed by atoms with Gasteiger partial charge in [-0.3, -0.25) is 9.36 Å². The molecule has 0 atom stereocenters. The van der Waals surface area contributed by atoms with Crippen molar-refractivity contribution in [2.24, 2.45) is 0 Å². The van der Waals surface area contributed by atoms with Crippen LogP contribution in [0.1, 0.15) is 18.9 Å². The van der Waals surface area contributed by atoms with E-state index in [0.29, 0.717) is 34.1 Å². The van der Waals surface area contributed by atoms with Gasteiger partial charge in [0.2, 0.25) is 15.8 Å². The molecule has 0 aliphatic rings. The number of fused-ring (bicyclic) bond motifs is 1. The summed E-state index contributed by atoms with van der Waals surface area (Å²) < 4.78 is 46.4. The lowest BCUT2D eigenvalue weighted by molar-refractivity contribution is 0.323. The van der Waals surface area contributed by atoms with Gasteiger partial charge in [0.05, 0.1) is 36.4 Å². The molecule has 0 bridgehead atoms. The molecule has 0 aliphatic carbocycles. The molecule has 0 saturated carbocycles. The fraction of sp³-hybridized carbons (Fsp3) is 0.350. The van der Waals surface area contributed by atoms with Crippen molar-refractivity contribution in [1.82, 2.24) is 9.29 Å². The first kappa shape index (κ1) is 22.1. The van der Waals surface area contributed by atoms with E-state index >= 15 is 0 Å². The van der Waals surface area contributed by atoms with Crippen molar-refractivity contribution in [2.75, 3.05) is 21.3 Å². The number of hydrogen-bond acceptors (Lipinski definition) is 7. The number of aromatic nitrogens is 1. The molecule has 0 fully saturated rings. The van der Waals surface area contributed by atoms with Crippen LogP contribution in [-0.2, 0) is 23.1 Å². The number of nitrogens with one attached hydrogen (secondary N) is 1. The molecule has 0 saturated heterocycles. The lowest BCUT2D eigenvalue weighted by Gasteiger charge is -2.14. The monoisotopic (exact) mass is 452 g/mol. The highest BCUT2D eigenvalue weighted by Gasteiger charge is 2.18. The lowest BCUT2D eigenvalue weighted by atomic mass is 10.2. The first-order chi connectivity index (χ1) is 14.3. The Morgan fingerprint density at radius 3 is 2.27 bits per heavy atom. The SMILES string of the molecule is CCCn1c(=O)sc2cc(S(=O)(=O)NCc3cc(OC)c(OC)c(OC)c3)ccc21. The molecular formula is C20H24N2O6S2. The first-order valence-electron chi connectivity index (χ1n) is 9.26. The molecule has 1 aromatic heterocycles. The molecule has 1 N–H and O–H groups in total. The summed E-state index contributed by atoms with van der Waals surface area (Å²) in [5.74, 6) is 1.31. The van der Waals surface area contributed by atoms with E-state index in [9.17, 15) is 13.2 Å². The molecule has 0 radical (unpaired) electrons. The number of ether oxygens (including phenoxy) is 3. The summed E-state index contributed by atoms with van der Waals surface area (Å²) in [5, 5.41) is 0. The van der Waals surface area contributed by atoms with Crippen LogP contribution < -0.4 is 23.8 Å². The largest absolute Gasteiger partial charge is 0.493 e. The van der Waals surface area contributed by atoms with E-state index in [1.54, 1.807) is 22.8 Å². The Balaban J connectivity index is 1.88. The first-order valence-corrected chi connectivity index (χ1v) is 11.6. The number of benzene rings is 2. The Kier molecular flexibility index (Phi) is 6.69. The summed E-state index contributed by atoms with van der Waals surface area (Å²) in [6.45, 7) is 2.62. The number of sulfonamides is 1. The Labute approximate surface area is 179 Å². The van der Waals surface area contributed by atoms with Crippen LogP contribution >= 0.6 is 11.3 Å². The second-order valence-electron chi connectivity index (χ2n) is 6.51. The highest BCUT2D eigenvalue weighted by Crippen LogP contribution is 2.38. The third kappa shape index (κ3) is 4.30. The number of hydrogen-bond donors (Lipinski definition) is 1. The zero-order valence-corrected chi connectivity index (χ0v) is 18.9. The summed E-state index contributed by atoms with van der Waals surface area (Å²) in [7, 11) is 0.706. The van der Waals surface area contributed by atoms with Crippen molar-refractivity contribution in [1.29, 1.82) is 0 Å². The van der Waals surface area contributed by atoms with Gasteiger partial charge < -0.3 is 14.2 Å². The van der Waals surface area contributed by atoms with E-state index in [0.717, 1.165) is 23.3 Å². The van der Waals surface area contributed by atoms with Crippen molar-refractivity contribution >= 4 is 31.6 Å². The third-order valence-corrected chi connectivity index (χ3v) is 6.93. The van der Waals surface area contributed by atoms with Gasteiger partial charge >= 0.3 is 4.87 Å². The minimum absolute atomic E-state index is 0.0319. The van der Waals surface area contributed by atoms with Gasteiger partial charge in [0.1, 0.15) is 0 Å². The van der Waals surface area contributed by atoms with E-state index in [1.807, 2.05) is 6.92 Å². The van der Waals surface area contributed by atoms with Crippen molar-refractivity contribution in [3.05, 3.63) is 45.6 Å². The Morgan fingerprint density at radius 2 is 1.70 bits per heavy atom. The summed E-state index contributed by atoms with van der Waals surface area (Å²) in [5.41, 5.74) is 1.39. The molecule has 0 amide bonds. The second kappa shape index (κ2) is 9.07. The average molecular weight is 453 g/mol. The highest BCUT2D eigenvalue weighted by molar-refractivity contribution is 7.89. The van der Waals surface area contributed by atoms with Gasteiger partial charge in [0.25, 0.3) is 0 Å². The van der Waals surface area contributed by atoms with Gasteiger partial charge in [-0.2, -0.15) is 0 Å². The van der Waals surface area contributed by atoms with Gasteiger partial charge in [-0.05, 0) is 42.3 Å². The molecule has 3 rings (SSSR count). The van der Waals surface area contributed by atoms with Crippen LogP contribution in [0.2, 0.25) is 0 Å². The molecule has 0 aliphatic heterocycles. The van der Waals surface area contributed by atoms with Crippen LogP contribution in [0, 0.1) is 0 Å². The zero-order valence-electron chi connectivity index (χ0n) is 17.2. The van der Waals surface area contributed by atoms with E-state index in [4.69, 9.17) is 14.2 Å². The Morgan fingerprint density at radius 1 is 1.03 bits per heavy atom. The van der Waals surface area contributed by atoms with Crippen LogP contribution in [0.4, 0.5) is 0 Å². The van der Waals surface area contributed by atoms with Crippen LogP contribution in [0.25, 0.3) is 10.2 Å². The van der Waals surface area contributed by atoms with E-state index in [-0.39, 0.29) is 16.3 Å². The van der Waals surface area contributed by atoms with E-state index < -0.39 is 10.0 Å². The van der Waals surface area contributed by atoms with E-state index in [2.05, 4.69) is 4.72 Å². The summed E-state index contributed by atoms with van der Waals surface area (Å²) in [6.07, 6.45) is 0.822. The van der Waals surface area contributed by atoms with Gasteiger partial charge in [-0.15, -0.1) is 0 Å². The number of methoxy groups -OCH3 is 3. The fourth-order valence-electron chi connectivity index (χ4n) is 3.15. The zero-order chi connectivity index (χ0) is 21.9. The molecular weight excluding hydrogens is 428 g/mol. The quantitative estimate of drug-likeness (QED) is 0.536. The van der Waals surface area contributed by atoms with Crippen LogP contribution in [-0.4, -0.2) is 34.3 Å². The fourth-order valence-corrected chi connectivity index (χ4v) is 5.22. The second-order valence-corrected chi connectivity index (χ2v) is 9.27. The van der Waals surface area contributed by atoms with E-state index in [1.165, 1.54) is 33.5 Å². The van der Waals surface area contributed by atoms with Gasteiger partial charge in [-0.25, -0.2) is 13.1 Å². The summed E-state index contributed by atoms with van der Waals surface area (Å²) in [4.78, 5) is 12.2. The number of rotatable bonds is 9. The maximum atomic E-state index is 12.8. The van der Waals surface area contributed by atoms with Crippen molar-refractivity contribution < 1.29 is 22.6 Å². The van der Waals surface area contributed by atoms with Gasteiger partial charge in [0, 0.05) is 13.1 Å². The predicted octanol–water partition coefficient (Wildman–Crippen LogP) is 2.98. The highest BCUT2D eigenvalue weighted by atomic mass is 32.2. The molecule has 8 nitrogen and oxygen atoms in total. The average Bonchev–Trinajstić information content (AvgIpc) is 3.06. The summed E-state index contributed by atoms with van der Waals surface area (Å²) >= 11 is 1.05. The number of thiazole rings is 1. The minimum Gasteiger partial charge on any atom is -0.493 e. The van der Waals surface area contributed by atoms with Crippen LogP contribution in [0.3, 0.4) is 0 Å². The molecule has 30 heavy (non-hydrogen) atoms. The molecule has 2 aromatic carbocycles. The molecule has 3 aromatic rings. The number of nitrogens with zero attached hydrogens (tertiary/aromatic N) is 1. The normalized spacial score (nSPS) is 11.6. The Hall–Kier alpha value is -2.56. The predicted molar refractivity (Wildman–Crippen MR) is 116 cm³/mol. The molecule has 1 heterocycles. The molecule has 162 valence electrons. The van der Waals surface area contributed by atoms with Crippen molar-refractivity contribution in [3.63, 3.8) is 0 Å². The minimum atomic E-state index is -3.79. The number of aryl methyl sites for hydroxylation is 1. The Bertz CT molecular complexity index is 1190. The maximum absolute atomic E-state index is 12.8. The molecule has 10 heteroatoms. The van der Waals surface area contributed by atoms with Crippen LogP contribution in [0.5, 0.6) is 17.2 Å². The standard InChI is InChI=1S/C20H24N2O6S2/c1-5-8-22-15-7-6-14(11-18(15)29-20(22)23)30(24,25)21-12-13-9-16(26-2)19(28-4)17(10-13)27-3/h6-7,9-11,21H,5,8,12H2,1-4H3. The van der Waals surface area contributed by atoms with Crippen molar-refractivity contribution in [3.8, 4) is 17.2 Å². The third-order valence-electron chi connectivity index (χ3n) is 4.59.